The summed E-state index contributed by atoms with van der Waals surface area (Å²) < 4.78 is 44.8. The number of nitrogens with zero attached hydrogens (tertiary/aromatic N) is 3. The first-order chi connectivity index (χ1) is 17.8. The predicted octanol–water partition coefficient (Wildman–Crippen LogP) is 5.59. The molecule has 194 valence electrons. The number of pyridine rings is 1. The fourth-order valence-electron chi connectivity index (χ4n) is 3.91. The maximum atomic E-state index is 13.1. The number of carbonyl (C=O) groups excluding carboxylic acids is 2. The summed E-state index contributed by atoms with van der Waals surface area (Å²) in [5, 5.41) is 4.72. The number of urea groups is 1. The lowest BCUT2D eigenvalue weighted by Crippen LogP contribution is -2.35. The fraction of sp³-hybridized carbons (Fsp3) is 0.269. The predicted molar refractivity (Wildman–Crippen MR) is 133 cm³/mol. The number of aromatic nitrogens is 1. The summed E-state index contributed by atoms with van der Waals surface area (Å²) in [5.41, 5.74) is -0.0265. The standard InChI is InChI=1S/C26H26F3N5O3/c27-26(28,29)21-9-4-5-10-22(21)32-24(35)31-20-11-12-23(30-17-20)33-13-6-14-34(16-15-33)25(36)37-18-19-7-2-1-3-8-19/h1-5,7-12,17H,6,13-16,18H2,(H2,31,32,35). The zero-order chi connectivity index (χ0) is 26.3. The Balaban J connectivity index is 1.29. The van der Waals surface area contributed by atoms with Gasteiger partial charge in [-0.2, -0.15) is 13.2 Å². The summed E-state index contributed by atoms with van der Waals surface area (Å²) in [5.74, 6) is 0.660. The molecular weight excluding hydrogens is 487 g/mol. The minimum atomic E-state index is -4.59. The number of alkyl halides is 3. The molecule has 0 spiro atoms. The van der Waals surface area contributed by atoms with Crippen LogP contribution in [0.4, 0.5) is 40.0 Å². The molecule has 0 radical (unpaired) electrons. The molecule has 1 aliphatic rings. The van der Waals surface area contributed by atoms with Gasteiger partial charge in [-0.05, 0) is 36.2 Å². The lowest BCUT2D eigenvalue weighted by atomic mass is 10.1. The van der Waals surface area contributed by atoms with Crippen LogP contribution in [0.2, 0.25) is 0 Å². The van der Waals surface area contributed by atoms with Crippen LogP contribution in [0.3, 0.4) is 0 Å². The molecule has 8 nitrogen and oxygen atoms in total. The van der Waals surface area contributed by atoms with E-state index in [1.165, 1.54) is 24.4 Å². The molecule has 0 saturated carbocycles. The monoisotopic (exact) mass is 513 g/mol. The SMILES string of the molecule is O=C(Nc1ccc(N2CCCN(C(=O)OCc3ccccc3)CC2)nc1)Nc1ccccc1C(F)(F)F. The van der Waals surface area contributed by atoms with E-state index in [-0.39, 0.29) is 18.4 Å². The first kappa shape index (κ1) is 25.8. The van der Waals surface area contributed by atoms with Crippen LogP contribution in [0.5, 0.6) is 0 Å². The van der Waals surface area contributed by atoms with E-state index >= 15 is 0 Å². The second kappa shape index (κ2) is 11.6. The Morgan fingerprint density at radius 1 is 0.892 bits per heavy atom. The molecule has 1 aromatic heterocycles. The Morgan fingerprint density at radius 2 is 1.65 bits per heavy atom. The number of rotatable bonds is 5. The summed E-state index contributed by atoms with van der Waals surface area (Å²) in [4.78, 5) is 32.8. The van der Waals surface area contributed by atoms with E-state index in [0.717, 1.165) is 18.1 Å². The van der Waals surface area contributed by atoms with Crippen LogP contribution in [0, 0.1) is 0 Å². The number of nitrogens with one attached hydrogen (secondary N) is 2. The van der Waals surface area contributed by atoms with Crippen molar-refractivity contribution in [1.82, 2.24) is 9.88 Å². The van der Waals surface area contributed by atoms with Crippen molar-refractivity contribution in [2.75, 3.05) is 41.7 Å². The number of carbonyl (C=O) groups is 2. The molecule has 0 unspecified atom stereocenters. The van der Waals surface area contributed by atoms with Crippen LogP contribution in [0.25, 0.3) is 0 Å². The first-order valence-electron chi connectivity index (χ1n) is 11.7. The van der Waals surface area contributed by atoms with Crippen LogP contribution in [0.1, 0.15) is 17.5 Å². The molecule has 37 heavy (non-hydrogen) atoms. The highest BCUT2D eigenvalue weighted by Crippen LogP contribution is 2.34. The van der Waals surface area contributed by atoms with Gasteiger partial charge in [0.1, 0.15) is 12.4 Å². The van der Waals surface area contributed by atoms with Crippen molar-refractivity contribution in [3.05, 3.63) is 84.1 Å². The molecule has 2 N–H and O–H groups in total. The maximum absolute atomic E-state index is 13.1. The Kier molecular flexibility index (Phi) is 8.11. The molecule has 2 aromatic carbocycles. The number of benzene rings is 2. The normalized spacial score (nSPS) is 14.0. The van der Waals surface area contributed by atoms with E-state index < -0.39 is 17.8 Å². The molecule has 1 fully saturated rings. The third-order valence-electron chi connectivity index (χ3n) is 5.77. The van der Waals surface area contributed by atoms with Gasteiger partial charge >= 0.3 is 18.3 Å². The van der Waals surface area contributed by atoms with Crippen molar-refractivity contribution in [3.63, 3.8) is 0 Å². The number of amides is 3. The molecule has 1 aliphatic heterocycles. The Labute approximate surface area is 212 Å². The summed E-state index contributed by atoms with van der Waals surface area (Å²) in [7, 11) is 0. The molecular formula is C26H26F3N5O3. The molecule has 11 heteroatoms. The zero-order valence-electron chi connectivity index (χ0n) is 19.9. The van der Waals surface area contributed by atoms with Crippen LogP contribution in [-0.4, -0.2) is 48.2 Å². The quantitative estimate of drug-likeness (QED) is 0.464. The lowest BCUT2D eigenvalue weighted by molar-refractivity contribution is -0.136. The average Bonchev–Trinajstić information content (AvgIpc) is 3.14. The highest BCUT2D eigenvalue weighted by Gasteiger charge is 2.33. The van der Waals surface area contributed by atoms with Crippen molar-refractivity contribution < 1.29 is 27.5 Å². The van der Waals surface area contributed by atoms with E-state index in [1.54, 1.807) is 17.0 Å². The average molecular weight is 514 g/mol. The minimum absolute atomic E-state index is 0.214. The van der Waals surface area contributed by atoms with Gasteiger partial charge in [0.25, 0.3) is 0 Å². The molecule has 4 rings (SSSR count). The van der Waals surface area contributed by atoms with Gasteiger partial charge in [-0.1, -0.05) is 42.5 Å². The first-order valence-corrected chi connectivity index (χ1v) is 11.7. The smallest absolute Gasteiger partial charge is 0.418 e. The second-order valence-electron chi connectivity index (χ2n) is 8.40. The zero-order valence-corrected chi connectivity index (χ0v) is 19.9. The Hall–Kier alpha value is -4.28. The van der Waals surface area contributed by atoms with E-state index in [2.05, 4.69) is 15.6 Å². The van der Waals surface area contributed by atoms with Crippen molar-refractivity contribution in [1.29, 1.82) is 0 Å². The summed E-state index contributed by atoms with van der Waals surface area (Å²) >= 11 is 0. The molecule has 0 bridgehead atoms. The van der Waals surface area contributed by atoms with Gasteiger partial charge in [-0.3, -0.25) is 0 Å². The van der Waals surface area contributed by atoms with Gasteiger partial charge in [0.2, 0.25) is 0 Å². The van der Waals surface area contributed by atoms with E-state index in [9.17, 15) is 22.8 Å². The van der Waals surface area contributed by atoms with Gasteiger partial charge < -0.3 is 25.2 Å². The van der Waals surface area contributed by atoms with E-state index in [4.69, 9.17) is 4.74 Å². The van der Waals surface area contributed by atoms with E-state index in [0.29, 0.717) is 37.7 Å². The number of ether oxygens (including phenoxy) is 1. The summed E-state index contributed by atoms with van der Waals surface area (Å²) in [6.07, 6.45) is -2.80. The van der Waals surface area contributed by atoms with Crippen LogP contribution >= 0.6 is 0 Å². The lowest BCUT2D eigenvalue weighted by Gasteiger charge is -2.22. The van der Waals surface area contributed by atoms with Crippen molar-refractivity contribution >= 4 is 29.3 Å². The third kappa shape index (κ3) is 7.12. The van der Waals surface area contributed by atoms with Crippen molar-refractivity contribution in [2.24, 2.45) is 0 Å². The number of para-hydroxylation sites is 1. The molecule has 2 heterocycles. The van der Waals surface area contributed by atoms with Crippen molar-refractivity contribution in [3.8, 4) is 0 Å². The minimum Gasteiger partial charge on any atom is -0.445 e. The van der Waals surface area contributed by atoms with Crippen LogP contribution in [-0.2, 0) is 17.5 Å². The molecule has 0 atom stereocenters. The van der Waals surface area contributed by atoms with Crippen molar-refractivity contribution in [2.45, 2.75) is 19.2 Å². The number of hydrogen-bond acceptors (Lipinski definition) is 5. The van der Waals surface area contributed by atoms with Gasteiger partial charge in [0.05, 0.1) is 23.1 Å². The molecule has 3 amide bonds. The fourth-order valence-corrected chi connectivity index (χ4v) is 3.91. The van der Waals surface area contributed by atoms with Gasteiger partial charge in [-0.25, -0.2) is 14.6 Å². The van der Waals surface area contributed by atoms with Gasteiger partial charge in [-0.15, -0.1) is 0 Å². The number of halogens is 3. The number of hydrogen-bond donors (Lipinski definition) is 2. The highest BCUT2D eigenvalue weighted by atomic mass is 19.4. The second-order valence-corrected chi connectivity index (χ2v) is 8.40. The highest BCUT2D eigenvalue weighted by molar-refractivity contribution is 6.00. The third-order valence-corrected chi connectivity index (χ3v) is 5.77. The van der Waals surface area contributed by atoms with E-state index in [1.807, 2.05) is 35.2 Å². The van der Waals surface area contributed by atoms with Crippen LogP contribution < -0.4 is 15.5 Å². The summed E-state index contributed by atoms with van der Waals surface area (Å²) in [6, 6.07) is 16.7. The Bertz CT molecular complexity index is 1210. The maximum Gasteiger partial charge on any atom is 0.418 e. The molecule has 0 aliphatic carbocycles. The summed E-state index contributed by atoms with van der Waals surface area (Å²) in [6.45, 7) is 2.47. The Morgan fingerprint density at radius 3 is 2.38 bits per heavy atom. The molecule has 3 aromatic rings. The van der Waals surface area contributed by atoms with Gasteiger partial charge in [0, 0.05) is 26.2 Å². The van der Waals surface area contributed by atoms with Gasteiger partial charge in [0.15, 0.2) is 0 Å². The molecule has 1 saturated heterocycles. The topological polar surface area (TPSA) is 86.8 Å². The number of anilines is 3. The van der Waals surface area contributed by atoms with Crippen LogP contribution in [0.15, 0.2) is 72.9 Å². The largest absolute Gasteiger partial charge is 0.445 e.